The summed E-state index contributed by atoms with van der Waals surface area (Å²) in [6.07, 6.45) is 0. The maximum atomic E-state index is 12.2. The summed E-state index contributed by atoms with van der Waals surface area (Å²) in [5, 5.41) is 6.95. The van der Waals surface area contributed by atoms with E-state index >= 15 is 0 Å². The Kier molecular flexibility index (Phi) is 2.41. The summed E-state index contributed by atoms with van der Waals surface area (Å²) >= 11 is 1.44. The van der Waals surface area contributed by atoms with Crippen LogP contribution in [0.3, 0.4) is 0 Å². The fraction of sp³-hybridized carbons (Fsp3) is 0.0769. The highest BCUT2D eigenvalue weighted by Crippen LogP contribution is 2.35. The van der Waals surface area contributed by atoms with E-state index in [4.69, 9.17) is 0 Å². The molecule has 0 bridgehead atoms. The van der Waals surface area contributed by atoms with Crippen LogP contribution in [-0.4, -0.2) is 11.9 Å². The Morgan fingerprint density at radius 2 is 1.78 bits per heavy atom. The summed E-state index contributed by atoms with van der Waals surface area (Å²) in [7, 11) is 0. The molecule has 0 spiro atoms. The summed E-state index contributed by atoms with van der Waals surface area (Å²) in [6.45, 7) is 0. The molecule has 1 unspecified atom stereocenters. The molecule has 1 aromatic heterocycles. The van der Waals surface area contributed by atoms with Crippen LogP contribution in [0.1, 0.15) is 10.4 Å². The number of thiophene rings is 1. The van der Waals surface area contributed by atoms with E-state index in [1.807, 2.05) is 47.8 Å². The highest BCUT2D eigenvalue weighted by molar-refractivity contribution is 7.10. The molecule has 1 saturated heterocycles. The largest absolute Gasteiger partial charge is 0.322 e. The van der Waals surface area contributed by atoms with E-state index in [1.54, 1.807) is 0 Å². The number of nitrogens with one attached hydrogen (secondary N) is 2. The van der Waals surface area contributed by atoms with Crippen molar-refractivity contribution in [3.63, 3.8) is 0 Å². The second kappa shape index (κ2) is 3.96. The maximum Gasteiger partial charge on any atom is 0.322 e. The predicted molar refractivity (Wildman–Crippen MR) is 68.2 cm³/mol. The van der Waals surface area contributed by atoms with Crippen molar-refractivity contribution >= 4 is 23.3 Å². The Hall–Kier alpha value is -2.14. The number of amides is 3. The number of hydrogen-bond acceptors (Lipinski definition) is 3. The molecule has 1 aliphatic rings. The van der Waals surface area contributed by atoms with E-state index < -0.39 is 11.6 Å². The number of imide groups is 1. The Balaban J connectivity index is 2.22. The van der Waals surface area contributed by atoms with E-state index in [2.05, 4.69) is 10.6 Å². The lowest BCUT2D eigenvalue weighted by atomic mass is 9.88. The lowest BCUT2D eigenvalue weighted by molar-refractivity contribution is -0.122. The van der Waals surface area contributed by atoms with Crippen molar-refractivity contribution in [2.24, 2.45) is 0 Å². The number of benzene rings is 1. The van der Waals surface area contributed by atoms with Gasteiger partial charge in [0.05, 0.1) is 0 Å². The molecule has 2 heterocycles. The van der Waals surface area contributed by atoms with Gasteiger partial charge in [0, 0.05) is 4.88 Å². The van der Waals surface area contributed by atoms with Crippen molar-refractivity contribution < 1.29 is 9.59 Å². The van der Waals surface area contributed by atoms with Gasteiger partial charge in [-0.2, -0.15) is 0 Å². The van der Waals surface area contributed by atoms with Gasteiger partial charge in [-0.15, -0.1) is 11.3 Å². The first-order valence-electron chi connectivity index (χ1n) is 5.46. The van der Waals surface area contributed by atoms with Gasteiger partial charge in [-0.05, 0) is 17.0 Å². The van der Waals surface area contributed by atoms with Crippen LogP contribution in [0.2, 0.25) is 0 Å². The summed E-state index contributed by atoms with van der Waals surface area (Å²) in [5.74, 6) is -0.332. The smallest absolute Gasteiger partial charge is 0.315 e. The number of carbonyl (C=O) groups excluding carboxylic acids is 2. The molecule has 1 fully saturated rings. The van der Waals surface area contributed by atoms with Crippen LogP contribution in [0.5, 0.6) is 0 Å². The van der Waals surface area contributed by atoms with Gasteiger partial charge in [0.15, 0.2) is 5.54 Å². The lowest BCUT2D eigenvalue weighted by Gasteiger charge is -2.25. The molecule has 3 amide bonds. The van der Waals surface area contributed by atoms with Crippen molar-refractivity contribution in [1.29, 1.82) is 0 Å². The van der Waals surface area contributed by atoms with Crippen molar-refractivity contribution in [3.05, 3.63) is 58.3 Å². The van der Waals surface area contributed by atoms with Crippen molar-refractivity contribution in [2.45, 2.75) is 5.54 Å². The number of carbonyl (C=O) groups is 2. The van der Waals surface area contributed by atoms with Gasteiger partial charge in [-0.3, -0.25) is 10.1 Å². The average molecular weight is 258 g/mol. The van der Waals surface area contributed by atoms with E-state index in [-0.39, 0.29) is 5.91 Å². The Morgan fingerprint density at radius 3 is 2.33 bits per heavy atom. The Labute approximate surface area is 108 Å². The first-order valence-corrected chi connectivity index (χ1v) is 6.34. The zero-order valence-corrected chi connectivity index (χ0v) is 10.2. The minimum atomic E-state index is -1.09. The van der Waals surface area contributed by atoms with E-state index in [0.29, 0.717) is 0 Å². The fourth-order valence-corrected chi connectivity index (χ4v) is 3.05. The first-order chi connectivity index (χ1) is 8.73. The van der Waals surface area contributed by atoms with E-state index in [0.717, 1.165) is 10.4 Å². The zero-order valence-electron chi connectivity index (χ0n) is 9.34. The fourth-order valence-electron chi connectivity index (χ4n) is 2.15. The third-order valence-electron chi connectivity index (χ3n) is 2.97. The molecule has 1 aliphatic heterocycles. The van der Waals surface area contributed by atoms with Crippen molar-refractivity contribution in [3.8, 4) is 0 Å². The summed E-state index contributed by atoms with van der Waals surface area (Å²) in [5.41, 5.74) is -0.331. The topological polar surface area (TPSA) is 58.2 Å². The number of rotatable bonds is 2. The van der Waals surface area contributed by atoms with Crippen LogP contribution >= 0.6 is 11.3 Å². The summed E-state index contributed by atoms with van der Waals surface area (Å²) in [4.78, 5) is 24.5. The van der Waals surface area contributed by atoms with Crippen LogP contribution in [0.4, 0.5) is 4.79 Å². The van der Waals surface area contributed by atoms with E-state index in [9.17, 15) is 9.59 Å². The molecule has 4 nitrogen and oxygen atoms in total. The van der Waals surface area contributed by atoms with Gasteiger partial charge in [0.25, 0.3) is 5.91 Å². The second-order valence-electron chi connectivity index (χ2n) is 4.00. The molecule has 5 heteroatoms. The first kappa shape index (κ1) is 11.0. The summed E-state index contributed by atoms with van der Waals surface area (Å²) in [6, 6.07) is 12.5. The van der Waals surface area contributed by atoms with Gasteiger partial charge in [-0.1, -0.05) is 36.4 Å². The van der Waals surface area contributed by atoms with Crippen molar-refractivity contribution in [2.75, 3.05) is 0 Å². The molecule has 3 rings (SSSR count). The van der Waals surface area contributed by atoms with Crippen LogP contribution < -0.4 is 10.6 Å². The van der Waals surface area contributed by atoms with Crippen molar-refractivity contribution in [1.82, 2.24) is 10.6 Å². The molecule has 1 atom stereocenters. The van der Waals surface area contributed by atoms with Crippen LogP contribution in [0.15, 0.2) is 47.8 Å². The molecule has 2 N–H and O–H groups in total. The maximum absolute atomic E-state index is 12.2. The molecular weight excluding hydrogens is 248 g/mol. The number of hydrogen-bond donors (Lipinski definition) is 2. The molecule has 18 heavy (non-hydrogen) atoms. The second-order valence-corrected chi connectivity index (χ2v) is 4.95. The van der Waals surface area contributed by atoms with Gasteiger partial charge in [0.2, 0.25) is 0 Å². The standard InChI is InChI=1S/C13H10N2O2S/c16-11-13(15-12(17)14-11,10-7-4-8-18-10)9-5-2-1-3-6-9/h1-8H,(H2,14,15,16,17). The van der Waals surface area contributed by atoms with Gasteiger partial charge in [-0.25, -0.2) is 4.79 Å². The van der Waals surface area contributed by atoms with Gasteiger partial charge < -0.3 is 5.32 Å². The van der Waals surface area contributed by atoms with Crippen LogP contribution in [-0.2, 0) is 10.3 Å². The minimum absolute atomic E-state index is 0.332. The van der Waals surface area contributed by atoms with Gasteiger partial charge >= 0.3 is 6.03 Å². The lowest BCUT2D eigenvalue weighted by Crippen LogP contribution is -2.44. The molecule has 0 aliphatic carbocycles. The zero-order chi connectivity index (χ0) is 12.6. The molecule has 2 aromatic rings. The Bertz CT molecular complexity index is 595. The molecule has 0 saturated carbocycles. The molecular formula is C13H10N2O2S. The monoisotopic (exact) mass is 258 g/mol. The highest BCUT2D eigenvalue weighted by Gasteiger charge is 2.49. The Morgan fingerprint density at radius 1 is 1.00 bits per heavy atom. The average Bonchev–Trinajstić information content (AvgIpc) is 2.99. The van der Waals surface area contributed by atoms with Crippen LogP contribution in [0, 0.1) is 0 Å². The molecule has 90 valence electrons. The summed E-state index contributed by atoms with van der Waals surface area (Å²) < 4.78 is 0. The minimum Gasteiger partial charge on any atom is -0.315 e. The van der Waals surface area contributed by atoms with Crippen LogP contribution in [0.25, 0.3) is 0 Å². The third-order valence-corrected chi connectivity index (χ3v) is 3.96. The predicted octanol–water partition coefficient (Wildman–Crippen LogP) is 1.83. The van der Waals surface area contributed by atoms with Gasteiger partial charge in [0.1, 0.15) is 0 Å². The molecule has 0 radical (unpaired) electrons. The number of urea groups is 1. The normalized spacial score (nSPS) is 22.7. The molecule has 1 aromatic carbocycles. The third kappa shape index (κ3) is 1.44. The quantitative estimate of drug-likeness (QED) is 0.807. The van der Waals surface area contributed by atoms with E-state index in [1.165, 1.54) is 11.3 Å². The SMILES string of the molecule is O=C1NC(=O)C(c2ccccc2)(c2cccs2)N1. The highest BCUT2D eigenvalue weighted by atomic mass is 32.1.